The Bertz CT molecular complexity index is 839. The van der Waals surface area contributed by atoms with Crippen molar-refractivity contribution in [2.45, 2.75) is 39.5 Å². The highest BCUT2D eigenvalue weighted by molar-refractivity contribution is 5.45. The summed E-state index contributed by atoms with van der Waals surface area (Å²) in [4.78, 5) is 0. The molecule has 1 atom stereocenters. The van der Waals surface area contributed by atoms with Gasteiger partial charge in [0, 0.05) is 12.4 Å². The van der Waals surface area contributed by atoms with Crippen molar-refractivity contribution in [1.29, 1.82) is 0 Å². The van der Waals surface area contributed by atoms with Crippen LogP contribution < -0.4 is 4.74 Å². The van der Waals surface area contributed by atoms with Crippen LogP contribution in [0.4, 0.5) is 11.4 Å². The lowest BCUT2D eigenvalue weighted by Gasteiger charge is -2.15. The minimum Gasteiger partial charge on any atom is -0.493 e. The molecule has 3 rings (SSSR count). The maximum atomic E-state index is 5.94. The SMILES string of the molecule is CCCCC(CC)COc1ccc(/N=N/c2ccc(-n3cccn3)cc2)cc1. The number of azo groups is 1. The van der Waals surface area contributed by atoms with Gasteiger partial charge in [-0.05, 0) is 66.9 Å². The Hall–Kier alpha value is -2.95. The number of nitrogens with zero attached hydrogens (tertiary/aromatic N) is 4. The van der Waals surface area contributed by atoms with Crippen LogP contribution >= 0.6 is 0 Å². The van der Waals surface area contributed by atoms with Gasteiger partial charge in [-0.2, -0.15) is 15.3 Å². The third kappa shape index (κ3) is 5.78. The van der Waals surface area contributed by atoms with Crippen LogP contribution in [0.5, 0.6) is 5.75 Å². The summed E-state index contributed by atoms with van der Waals surface area (Å²) in [5, 5.41) is 12.8. The Morgan fingerprint density at radius 1 is 0.964 bits per heavy atom. The third-order valence-electron chi connectivity index (χ3n) is 4.77. The van der Waals surface area contributed by atoms with Gasteiger partial charge in [-0.25, -0.2) is 4.68 Å². The molecular formula is C23H28N4O. The van der Waals surface area contributed by atoms with E-state index >= 15 is 0 Å². The second-order valence-corrected chi connectivity index (χ2v) is 6.89. The van der Waals surface area contributed by atoms with Crippen LogP contribution in [0.1, 0.15) is 39.5 Å². The van der Waals surface area contributed by atoms with Gasteiger partial charge in [0.05, 0.1) is 23.7 Å². The van der Waals surface area contributed by atoms with Crippen molar-refractivity contribution in [3.05, 3.63) is 67.0 Å². The zero-order chi connectivity index (χ0) is 19.6. The van der Waals surface area contributed by atoms with Gasteiger partial charge in [-0.1, -0.05) is 33.1 Å². The van der Waals surface area contributed by atoms with Gasteiger partial charge >= 0.3 is 0 Å². The van der Waals surface area contributed by atoms with Gasteiger partial charge in [-0.3, -0.25) is 0 Å². The molecule has 0 saturated heterocycles. The number of hydrogen-bond acceptors (Lipinski definition) is 4. The highest BCUT2D eigenvalue weighted by atomic mass is 16.5. The summed E-state index contributed by atoms with van der Waals surface area (Å²) in [7, 11) is 0. The number of benzene rings is 2. The highest BCUT2D eigenvalue weighted by Crippen LogP contribution is 2.23. The van der Waals surface area contributed by atoms with Crippen molar-refractivity contribution < 1.29 is 4.74 Å². The van der Waals surface area contributed by atoms with Crippen LogP contribution in [0.3, 0.4) is 0 Å². The molecule has 146 valence electrons. The molecule has 0 amide bonds. The lowest BCUT2D eigenvalue weighted by Crippen LogP contribution is -2.11. The molecule has 0 fully saturated rings. The van der Waals surface area contributed by atoms with E-state index in [0.717, 1.165) is 35.8 Å². The molecule has 0 radical (unpaired) electrons. The highest BCUT2D eigenvalue weighted by Gasteiger charge is 2.06. The van der Waals surface area contributed by atoms with Gasteiger partial charge in [0.1, 0.15) is 5.75 Å². The molecule has 5 heteroatoms. The van der Waals surface area contributed by atoms with Crippen LogP contribution in [0.2, 0.25) is 0 Å². The van der Waals surface area contributed by atoms with Crippen molar-refractivity contribution in [3.8, 4) is 11.4 Å². The van der Waals surface area contributed by atoms with Crippen molar-refractivity contribution in [1.82, 2.24) is 9.78 Å². The summed E-state index contributed by atoms with van der Waals surface area (Å²) in [6.07, 6.45) is 8.57. The molecule has 1 aromatic heterocycles. The summed E-state index contributed by atoms with van der Waals surface area (Å²) in [6, 6.07) is 17.5. The van der Waals surface area contributed by atoms with E-state index < -0.39 is 0 Å². The lowest BCUT2D eigenvalue weighted by atomic mass is 10.0. The number of unbranched alkanes of at least 4 members (excludes halogenated alkanes) is 1. The van der Waals surface area contributed by atoms with Crippen LogP contribution in [0.25, 0.3) is 5.69 Å². The topological polar surface area (TPSA) is 51.8 Å². The average Bonchev–Trinajstić information content (AvgIpc) is 3.28. The maximum absolute atomic E-state index is 5.94. The van der Waals surface area contributed by atoms with Crippen LogP contribution in [-0.2, 0) is 0 Å². The minimum atomic E-state index is 0.629. The predicted octanol–water partition coefficient (Wildman–Crippen LogP) is 6.88. The second-order valence-electron chi connectivity index (χ2n) is 6.89. The van der Waals surface area contributed by atoms with E-state index in [1.807, 2.05) is 65.5 Å². The molecule has 3 aromatic rings. The molecular weight excluding hydrogens is 348 g/mol. The smallest absolute Gasteiger partial charge is 0.119 e. The number of rotatable bonds is 10. The Labute approximate surface area is 167 Å². The first kappa shape index (κ1) is 19.8. The van der Waals surface area contributed by atoms with E-state index in [1.54, 1.807) is 6.20 Å². The van der Waals surface area contributed by atoms with Gasteiger partial charge in [0.25, 0.3) is 0 Å². The Morgan fingerprint density at radius 3 is 2.21 bits per heavy atom. The molecule has 5 nitrogen and oxygen atoms in total. The van der Waals surface area contributed by atoms with Gasteiger partial charge < -0.3 is 4.74 Å². The number of ether oxygens (including phenoxy) is 1. The number of aromatic nitrogens is 2. The fraction of sp³-hybridized carbons (Fsp3) is 0.348. The van der Waals surface area contributed by atoms with E-state index in [-0.39, 0.29) is 0 Å². The van der Waals surface area contributed by atoms with E-state index in [2.05, 4.69) is 29.2 Å². The molecule has 1 heterocycles. The fourth-order valence-corrected chi connectivity index (χ4v) is 2.93. The molecule has 28 heavy (non-hydrogen) atoms. The molecule has 0 aliphatic heterocycles. The molecule has 2 aromatic carbocycles. The van der Waals surface area contributed by atoms with Gasteiger partial charge in [0.2, 0.25) is 0 Å². The quantitative estimate of drug-likeness (QED) is 0.362. The molecule has 1 unspecified atom stereocenters. The Morgan fingerprint density at radius 2 is 1.64 bits per heavy atom. The summed E-state index contributed by atoms with van der Waals surface area (Å²) < 4.78 is 7.75. The zero-order valence-electron chi connectivity index (χ0n) is 16.7. The largest absolute Gasteiger partial charge is 0.493 e. The Balaban J connectivity index is 1.53. The molecule has 0 aliphatic carbocycles. The van der Waals surface area contributed by atoms with Crippen LogP contribution in [0.15, 0.2) is 77.2 Å². The number of hydrogen-bond donors (Lipinski definition) is 0. The summed E-state index contributed by atoms with van der Waals surface area (Å²) in [6.45, 7) is 5.24. The lowest BCUT2D eigenvalue weighted by molar-refractivity contribution is 0.233. The van der Waals surface area contributed by atoms with E-state index in [4.69, 9.17) is 4.74 Å². The van der Waals surface area contributed by atoms with Crippen molar-refractivity contribution in [3.63, 3.8) is 0 Å². The van der Waals surface area contributed by atoms with E-state index in [1.165, 1.54) is 19.3 Å². The van der Waals surface area contributed by atoms with Crippen LogP contribution in [0, 0.1) is 5.92 Å². The molecule has 0 saturated carbocycles. The first-order valence-electron chi connectivity index (χ1n) is 10.0. The second kappa shape index (κ2) is 10.4. The van der Waals surface area contributed by atoms with E-state index in [0.29, 0.717) is 5.92 Å². The first-order chi connectivity index (χ1) is 13.8. The standard InChI is InChI=1S/C23H28N4O/c1-3-5-7-19(4-2)18-28-23-14-10-21(11-15-23)26-25-20-8-12-22(13-9-20)27-17-6-16-24-27/h6,8-17,19H,3-5,7,18H2,1-2H3/b26-25+. The average molecular weight is 377 g/mol. The Kier molecular flexibility index (Phi) is 7.36. The predicted molar refractivity (Wildman–Crippen MR) is 113 cm³/mol. The fourth-order valence-electron chi connectivity index (χ4n) is 2.93. The normalized spacial score (nSPS) is 12.4. The van der Waals surface area contributed by atoms with E-state index in [9.17, 15) is 0 Å². The third-order valence-corrected chi connectivity index (χ3v) is 4.77. The van der Waals surface area contributed by atoms with Gasteiger partial charge in [0.15, 0.2) is 0 Å². The minimum absolute atomic E-state index is 0.629. The zero-order valence-corrected chi connectivity index (χ0v) is 16.7. The molecule has 0 spiro atoms. The molecule has 0 bridgehead atoms. The first-order valence-corrected chi connectivity index (χ1v) is 10.0. The summed E-state index contributed by atoms with van der Waals surface area (Å²) >= 11 is 0. The van der Waals surface area contributed by atoms with Crippen molar-refractivity contribution in [2.75, 3.05) is 6.61 Å². The maximum Gasteiger partial charge on any atom is 0.119 e. The summed E-state index contributed by atoms with van der Waals surface area (Å²) in [5.41, 5.74) is 2.61. The molecule has 0 N–H and O–H groups in total. The van der Waals surface area contributed by atoms with Gasteiger partial charge in [-0.15, -0.1) is 0 Å². The van der Waals surface area contributed by atoms with Crippen molar-refractivity contribution in [2.24, 2.45) is 16.1 Å². The summed E-state index contributed by atoms with van der Waals surface area (Å²) in [5.74, 6) is 1.52. The monoisotopic (exact) mass is 376 g/mol. The van der Waals surface area contributed by atoms with Crippen LogP contribution in [-0.4, -0.2) is 16.4 Å². The molecule has 0 aliphatic rings. The van der Waals surface area contributed by atoms with Crippen molar-refractivity contribution >= 4 is 11.4 Å².